The number of hydrogen-bond acceptors (Lipinski definition) is 2. The van der Waals surface area contributed by atoms with Crippen molar-refractivity contribution < 1.29 is 9.90 Å². The number of aliphatic hydroxyl groups is 1. The smallest absolute Gasteiger partial charge is 0.164 e. The van der Waals surface area contributed by atoms with Crippen molar-refractivity contribution in [1.82, 2.24) is 0 Å². The number of ketones is 1. The van der Waals surface area contributed by atoms with E-state index in [9.17, 15) is 9.90 Å². The van der Waals surface area contributed by atoms with Gasteiger partial charge in [-0.05, 0) is 37.5 Å². The Labute approximate surface area is 79.3 Å². The summed E-state index contributed by atoms with van der Waals surface area (Å²) in [5.41, 5.74) is -0.628. The molecule has 2 nitrogen and oxygen atoms in total. The van der Waals surface area contributed by atoms with E-state index in [0.717, 1.165) is 12.8 Å². The molecule has 2 aliphatic carbocycles. The van der Waals surface area contributed by atoms with Gasteiger partial charge in [-0.1, -0.05) is 13.3 Å². The average molecular weight is 182 g/mol. The van der Waals surface area contributed by atoms with Crippen molar-refractivity contribution in [1.29, 1.82) is 0 Å². The van der Waals surface area contributed by atoms with Crippen molar-refractivity contribution in [3.63, 3.8) is 0 Å². The summed E-state index contributed by atoms with van der Waals surface area (Å²) in [4.78, 5) is 11.5. The molecule has 2 aliphatic rings. The van der Waals surface area contributed by atoms with Crippen LogP contribution in [-0.4, -0.2) is 16.5 Å². The monoisotopic (exact) mass is 182 g/mol. The van der Waals surface area contributed by atoms with E-state index in [1.807, 2.05) is 6.92 Å². The van der Waals surface area contributed by atoms with Crippen LogP contribution in [0.4, 0.5) is 0 Å². The minimum absolute atomic E-state index is 0.0764. The molecule has 2 fully saturated rings. The number of hydrogen-bond donors (Lipinski definition) is 1. The predicted molar refractivity (Wildman–Crippen MR) is 50.4 cm³/mol. The number of Topliss-reactive ketones (excluding diaryl/α,β-unsaturated/α-hetero) is 1. The molecule has 1 N–H and O–H groups in total. The lowest BCUT2D eigenvalue weighted by Gasteiger charge is -2.49. The van der Waals surface area contributed by atoms with Crippen LogP contribution in [0.15, 0.2) is 0 Å². The van der Waals surface area contributed by atoms with Gasteiger partial charge in [0.15, 0.2) is 5.78 Å². The van der Waals surface area contributed by atoms with Gasteiger partial charge in [-0.2, -0.15) is 0 Å². The summed E-state index contributed by atoms with van der Waals surface area (Å²) in [6.45, 7) is 1.91. The highest BCUT2D eigenvalue weighted by molar-refractivity contribution is 5.88. The van der Waals surface area contributed by atoms with Crippen LogP contribution in [-0.2, 0) is 4.79 Å². The Kier molecular flexibility index (Phi) is 1.99. The van der Waals surface area contributed by atoms with Gasteiger partial charge in [0, 0.05) is 6.42 Å². The van der Waals surface area contributed by atoms with E-state index in [4.69, 9.17) is 0 Å². The summed E-state index contributed by atoms with van der Waals surface area (Å²) in [6.07, 6.45) is 6.68. The fourth-order valence-electron chi connectivity index (χ4n) is 2.84. The van der Waals surface area contributed by atoms with Crippen LogP contribution < -0.4 is 0 Å². The molecule has 0 heterocycles. The van der Waals surface area contributed by atoms with Crippen LogP contribution in [0, 0.1) is 5.41 Å². The van der Waals surface area contributed by atoms with Crippen LogP contribution in [0.2, 0.25) is 0 Å². The third-order valence-electron chi connectivity index (χ3n) is 4.07. The Morgan fingerprint density at radius 3 is 2.54 bits per heavy atom. The van der Waals surface area contributed by atoms with Crippen LogP contribution in [0.3, 0.4) is 0 Å². The van der Waals surface area contributed by atoms with Gasteiger partial charge in [0.25, 0.3) is 0 Å². The second-order valence-corrected chi connectivity index (χ2v) is 4.84. The molecular formula is C11H18O2. The van der Waals surface area contributed by atoms with E-state index < -0.39 is 5.60 Å². The van der Waals surface area contributed by atoms with Crippen molar-refractivity contribution in [2.75, 3.05) is 0 Å². The topological polar surface area (TPSA) is 37.3 Å². The minimum atomic E-state index is -0.974. The lowest BCUT2D eigenvalue weighted by Crippen LogP contribution is -2.50. The van der Waals surface area contributed by atoms with E-state index in [1.165, 1.54) is 19.3 Å². The molecule has 0 aliphatic heterocycles. The number of rotatable bonds is 1. The quantitative estimate of drug-likeness (QED) is 0.674. The van der Waals surface area contributed by atoms with Gasteiger partial charge in [-0.15, -0.1) is 0 Å². The fraction of sp³-hybridized carbons (Fsp3) is 0.909. The predicted octanol–water partition coefficient (Wildman–Crippen LogP) is 2.05. The van der Waals surface area contributed by atoms with Crippen LogP contribution in [0.5, 0.6) is 0 Å². The summed E-state index contributed by atoms with van der Waals surface area (Å²) in [6, 6.07) is 0. The van der Waals surface area contributed by atoms with Gasteiger partial charge in [0.05, 0.1) is 0 Å². The van der Waals surface area contributed by atoms with Crippen LogP contribution in [0.25, 0.3) is 0 Å². The maximum Gasteiger partial charge on any atom is 0.164 e. The minimum Gasteiger partial charge on any atom is -0.382 e. The Morgan fingerprint density at radius 2 is 2.08 bits per heavy atom. The maximum absolute atomic E-state index is 11.5. The van der Waals surface area contributed by atoms with Crippen molar-refractivity contribution in [2.45, 2.75) is 57.5 Å². The highest BCUT2D eigenvalue weighted by atomic mass is 16.3. The highest BCUT2D eigenvalue weighted by Crippen LogP contribution is 2.53. The standard InChI is InChI=1S/C11H18O2/c1-2-11(13)8-10(5-3-6-10)7-4-9(11)12/h13H,2-8H2,1H3/t11-/m1/s1. The Morgan fingerprint density at radius 1 is 1.38 bits per heavy atom. The van der Waals surface area contributed by atoms with Crippen molar-refractivity contribution in [3.8, 4) is 0 Å². The van der Waals surface area contributed by atoms with Crippen molar-refractivity contribution in [3.05, 3.63) is 0 Å². The second kappa shape index (κ2) is 2.81. The van der Waals surface area contributed by atoms with E-state index in [0.29, 0.717) is 18.3 Å². The third kappa shape index (κ3) is 1.32. The van der Waals surface area contributed by atoms with E-state index >= 15 is 0 Å². The molecule has 0 aromatic carbocycles. The van der Waals surface area contributed by atoms with Gasteiger partial charge in [-0.25, -0.2) is 0 Å². The Bertz CT molecular complexity index is 230. The molecule has 0 amide bonds. The first-order valence-corrected chi connectivity index (χ1v) is 5.36. The molecule has 0 bridgehead atoms. The zero-order valence-electron chi connectivity index (χ0n) is 8.31. The molecule has 1 atom stereocenters. The summed E-state index contributed by atoms with van der Waals surface area (Å²) in [5, 5.41) is 10.1. The molecule has 2 saturated carbocycles. The molecular weight excluding hydrogens is 164 g/mol. The lowest BCUT2D eigenvalue weighted by atomic mass is 9.56. The van der Waals surface area contributed by atoms with Crippen LogP contribution in [0.1, 0.15) is 51.9 Å². The number of carbonyl (C=O) groups is 1. The fourth-order valence-corrected chi connectivity index (χ4v) is 2.84. The highest BCUT2D eigenvalue weighted by Gasteiger charge is 2.50. The summed E-state index contributed by atoms with van der Waals surface area (Å²) in [5.74, 6) is 0.0764. The SMILES string of the molecule is CC[C@@]1(O)CC2(CCC2)CCC1=O. The first kappa shape index (κ1) is 9.20. The zero-order chi connectivity index (χ0) is 9.53. The summed E-state index contributed by atoms with van der Waals surface area (Å²) < 4.78 is 0. The molecule has 74 valence electrons. The molecule has 0 unspecified atom stereocenters. The third-order valence-corrected chi connectivity index (χ3v) is 4.07. The first-order chi connectivity index (χ1) is 6.10. The van der Waals surface area contributed by atoms with Gasteiger partial charge >= 0.3 is 0 Å². The average Bonchev–Trinajstić information content (AvgIpc) is 2.07. The van der Waals surface area contributed by atoms with Crippen LogP contribution >= 0.6 is 0 Å². The molecule has 0 radical (unpaired) electrons. The Balaban J connectivity index is 2.13. The van der Waals surface area contributed by atoms with E-state index in [2.05, 4.69) is 0 Å². The molecule has 13 heavy (non-hydrogen) atoms. The van der Waals surface area contributed by atoms with Crippen molar-refractivity contribution >= 4 is 5.78 Å². The molecule has 2 heteroatoms. The first-order valence-electron chi connectivity index (χ1n) is 5.36. The van der Waals surface area contributed by atoms with Gasteiger partial charge in [-0.3, -0.25) is 4.79 Å². The maximum atomic E-state index is 11.5. The largest absolute Gasteiger partial charge is 0.382 e. The molecule has 2 rings (SSSR count). The van der Waals surface area contributed by atoms with Crippen molar-refractivity contribution in [2.24, 2.45) is 5.41 Å². The second-order valence-electron chi connectivity index (χ2n) is 4.84. The lowest BCUT2D eigenvalue weighted by molar-refractivity contribution is -0.152. The molecule has 1 spiro atoms. The van der Waals surface area contributed by atoms with Gasteiger partial charge < -0.3 is 5.11 Å². The van der Waals surface area contributed by atoms with E-state index in [1.54, 1.807) is 0 Å². The van der Waals surface area contributed by atoms with E-state index in [-0.39, 0.29) is 5.78 Å². The summed E-state index contributed by atoms with van der Waals surface area (Å²) >= 11 is 0. The molecule has 0 aromatic heterocycles. The molecule has 0 aromatic rings. The summed E-state index contributed by atoms with van der Waals surface area (Å²) in [7, 11) is 0. The molecule has 0 saturated heterocycles. The van der Waals surface area contributed by atoms with Gasteiger partial charge in [0.2, 0.25) is 0 Å². The normalized spacial score (nSPS) is 37.5. The zero-order valence-corrected chi connectivity index (χ0v) is 8.31. The van der Waals surface area contributed by atoms with Gasteiger partial charge in [0.1, 0.15) is 5.60 Å². The Hall–Kier alpha value is -0.370. The number of carbonyl (C=O) groups excluding carboxylic acids is 1.